The standard InChI is InChI=1S/C5H8O4/c1-3(6)5(2,9)4(7)8/h9H,1-2H3,(H,7,8)/p-1. The highest BCUT2D eigenvalue weighted by Crippen LogP contribution is 2.01. The molecule has 0 rings (SSSR count). The molecule has 1 atom stereocenters. The van der Waals surface area contributed by atoms with Crippen LogP contribution < -0.4 is 5.11 Å². The van der Waals surface area contributed by atoms with Gasteiger partial charge in [0.15, 0.2) is 11.4 Å². The number of carbonyl (C=O) groups is 2. The molecule has 0 radical (unpaired) electrons. The fourth-order valence-electron chi connectivity index (χ4n) is 0.144. The molecular formula is C5H7O4-. The fourth-order valence-corrected chi connectivity index (χ4v) is 0.144. The summed E-state index contributed by atoms with van der Waals surface area (Å²) in [6, 6.07) is 0. The minimum absolute atomic E-state index is 0.831. The minimum Gasteiger partial charge on any atom is -0.547 e. The maximum Gasteiger partial charge on any atom is 0.166 e. The zero-order valence-electron chi connectivity index (χ0n) is 5.17. The summed E-state index contributed by atoms with van der Waals surface area (Å²) in [5.41, 5.74) is -2.33. The van der Waals surface area contributed by atoms with Gasteiger partial charge in [0.2, 0.25) is 0 Å². The van der Waals surface area contributed by atoms with Gasteiger partial charge in [-0.05, 0) is 13.8 Å². The van der Waals surface area contributed by atoms with Crippen molar-refractivity contribution in [2.45, 2.75) is 19.4 Å². The number of carboxylic acid groups (broad SMARTS) is 1. The Bertz CT molecular complexity index is 131. The lowest BCUT2D eigenvalue weighted by Gasteiger charge is -2.19. The number of ketones is 1. The van der Waals surface area contributed by atoms with E-state index in [9.17, 15) is 14.7 Å². The molecule has 0 heterocycles. The average Bonchev–Trinajstić information content (AvgIpc) is 1.65. The maximum atomic E-state index is 10.2. The Labute approximate surface area is 52.1 Å². The minimum atomic E-state index is -2.33. The molecule has 0 aliphatic heterocycles. The number of hydrogen-bond acceptors (Lipinski definition) is 4. The highest BCUT2D eigenvalue weighted by atomic mass is 16.4. The van der Waals surface area contributed by atoms with Gasteiger partial charge in [-0.1, -0.05) is 0 Å². The molecule has 0 spiro atoms. The summed E-state index contributed by atoms with van der Waals surface area (Å²) in [6.07, 6.45) is 0. The average molecular weight is 131 g/mol. The van der Waals surface area contributed by atoms with Crippen molar-refractivity contribution < 1.29 is 19.8 Å². The molecule has 0 aliphatic rings. The summed E-state index contributed by atoms with van der Waals surface area (Å²) in [7, 11) is 0. The molecular weight excluding hydrogens is 124 g/mol. The Morgan fingerprint density at radius 3 is 1.89 bits per heavy atom. The van der Waals surface area contributed by atoms with Crippen molar-refractivity contribution in [1.82, 2.24) is 0 Å². The molecule has 1 unspecified atom stereocenters. The number of carboxylic acids is 1. The molecule has 0 aromatic heterocycles. The molecule has 0 aromatic rings. The molecule has 0 aliphatic carbocycles. The zero-order chi connectivity index (χ0) is 7.65. The number of rotatable bonds is 2. The van der Waals surface area contributed by atoms with Crippen molar-refractivity contribution >= 4 is 11.8 Å². The van der Waals surface area contributed by atoms with E-state index in [1.807, 2.05) is 0 Å². The van der Waals surface area contributed by atoms with E-state index in [0.29, 0.717) is 0 Å². The molecule has 0 amide bonds. The van der Waals surface area contributed by atoms with Gasteiger partial charge in [-0.25, -0.2) is 0 Å². The number of carbonyl (C=O) groups excluding carboxylic acids is 2. The molecule has 52 valence electrons. The summed E-state index contributed by atoms with van der Waals surface area (Å²) in [5.74, 6) is -2.60. The summed E-state index contributed by atoms with van der Waals surface area (Å²) >= 11 is 0. The molecule has 1 N–H and O–H groups in total. The van der Waals surface area contributed by atoms with Gasteiger partial charge in [-0.3, -0.25) is 4.79 Å². The Morgan fingerprint density at radius 1 is 1.56 bits per heavy atom. The molecule has 0 bridgehead atoms. The third-order valence-corrected chi connectivity index (χ3v) is 1.08. The van der Waals surface area contributed by atoms with Gasteiger partial charge >= 0.3 is 0 Å². The van der Waals surface area contributed by atoms with Gasteiger partial charge in [0, 0.05) is 0 Å². The first-order valence-corrected chi connectivity index (χ1v) is 2.34. The smallest absolute Gasteiger partial charge is 0.166 e. The third-order valence-electron chi connectivity index (χ3n) is 1.08. The fraction of sp³-hybridized carbons (Fsp3) is 0.600. The second-order valence-electron chi connectivity index (χ2n) is 1.92. The molecule has 4 heteroatoms. The molecule has 0 fully saturated rings. The lowest BCUT2D eigenvalue weighted by Crippen LogP contribution is -2.50. The normalized spacial score (nSPS) is 16.3. The lowest BCUT2D eigenvalue weighted by molar-refractivity contribution is -0.320. The predicted molar refractivity (Wildman–Crippen MR) is 26.3 cm³/mol. The van der Waals surface area contributed by atoms with E-state index in [2.05, 4.69) is 0 Å². The first kappa shape index (κ1) is 8.10. The maximum absolute atomic E-state index is 10.2. The molecule has 4 nitrogen and oxygen atoms in total. The SMILES string of the molecule is CC(=O)C(C)(O)C(=O)[O-]. The van der Waals surface area contributed by atoms with Crippen LogP contribution in [0.1, 0.15) is 13.8 Å². The van der Waals surface area contributed by atoms with Crippen LogP contribution in [0.25, 0.3) is 0 Å². The predicted octanol–water partition coefficient (Wildman–Crippen LogP) is -1.92. The Balaban J connectivity index is 4.38. The molecule has 9 heavy (non-hydrogen) atoms. The van der Waals surface area contributed by atoms with Crippen LogP contribution in [0.3, 0.4) is 0 Å². The quantitative estimate of drug-likeness (QED) is 0.443. The van der Waals surface area contributed by atoms with E-state index < -0.39 is 17.4 Å². The van der Waals surface area contributed by atoms with Crippen LogP contribution in [0.2, 0.25) is 0 Å². The van der Waals surface area contributed by atoms with Crippen molar-refractivity contribution in [2.24, 2.45) is 0 Å². The second-order valence-corrected chi connectivity index (χ2v) is 1.92. The molecule has 0 saturated carbocycles. The van der Waals surface area contributed by atoms with Crippen LogP contribution in [0.5, 0.6) is 0 Å². The van der Waals surface area contributed by atoms with Gasteiger partial charge in [-0.15, -0.1) is 0 Å². The van der Waals surface area contributed by atoms with Crippen LogP contribution in [0, 0.1) is 0 Å². The third kappa shape index (κ3) is 1.50. The Kier molecular flexibility index (Phi) is 1.93. The van der Waals surface area contributed by atoms with Gasteiger partial charge in [0.1, 0.15) is 0 Å². The van der Waals surface area contributed by atoms with E-state index in [1.54, 1.807) is 0 Å². The summed E-state index contributed by atoms with van der Waals surface area (Å²) in [5, 5.41) is 18.5. The van der Waals surface area contributed by atoms with Crippen LogP contribution in [0.15, 0.2) is 0 Å². The van der Waals surface area contributed by atoms with Gasteiger partial charge < -0.3 is 15.0 Å². The summed E-state index contributed by atoms with van der Waals surface area (Å²) in [6.45, 7) is 1.86. The topological polar surface area (TPSA) is 77.4 Å². The highest BCUT2D eigenvalue weighted by Gasteiger charge is 2.27. The number of aliphatic hydroxyl groups is 1. The summed E-state index contributed by atoms with van der Waals surface area (Å²) in [4.78, 5) is 20.1. The number of aliphatic carboxylic acids is 1. The molecule has 0 aromatic carbocycles. The van der Waals surface area contributed by atoms with Gasteiger partial charge in [0.05, 0.1) is 5.97 Å². The van der Waals surface area contributed by atoms with Crippen LogP contribution in [-0.4, -0.2) is 22.5 Å². The highest BCUT2D eigenvalue weighted by molar-refractivity contribution is 6.03. The monoisotopic (exact) mass is 131 g/mol. The van der Waals surface area contributed by atoms with Crippen molar-refractivity contribution in [3.8, 4) is 0 Å². The van der Waals surface area contributed by atoms with E-state index in [4.69, 9.17) is 5.11 Å². The zero-order valence-corrected chi connectivity index (χ0v) is 5.17. The van der Waals surface area contributed by atoms with E-state index >= 15 is 0 Å². The van der Waals surface area contributed by atoms with Gasteiger partial charge in [-0.2, -0.15) is 0 Å². The van der Waals surface area contributed by atoms with Crippen molar-refractivity contribution in [2.75, 3.05) is 0 Å². The Morgan fingerprint density at radius 2 is 1.89 bits per heavy atom. The van der Waals surface area contributed by atoms with Crippen molar-refractivity contribution in [1.29, 1.82) is 0 Å². The lowest BCUT2D eigenvalue weighted by atomic mass is 10.0. The van der Waals surface area contributed by atoms with Crippen molar-refractivity contribution in [3.63, 3.8) is 0 Å². The largest absolute Gasteiger partial charge is 0.547 e. The van der Waals surface area contributed by atoms with Crippen LogP contribution >= 0.6 is 0 Å². The first-order valence-electron chi connectivity index (χ1n) is 2.34. The summed E-state index contributed by atoms with van der Waals surface area (Å²) < 4.78 is 0. The number of hydrogen-bond donors (Lipinski definition) is 1. The van der Waals surface area contributed by atoms with Crippen molar-refractivity contribution in [3.05, 3.63) is 0 Å². The van der Waals surface area contributed by atoms with E-state index in [1.165, 1.54) is 0 Å². The first-order chi connectivity index (χ1) is 3.89. The van der Waals surface area contributed by atoms with Crippen LogP contribution in [-0.2, 0) is 9.59 Å². The second kappa shape index (κ2) is 2.14. The van der Waals surface area contributed by atoms with E-state index in [0.717, 1.165) is 13.8 Å². The van der Waals surface area contributed by atoms with Gasteiger partial charge in [0.25, 0.3) is 0 Å². The van der Waals surface area contributed by atoms with Crippen LogP contribution in [0.4, 0.5) is 0 Å². The molecule has 0 saturated heterocycles. The Hall–Kier alpha value is -0.900. The number of Topliss-reactive ketones (excluding diaryl/α,β-unsaturated/α-hetero) is 1. The van der Waals surface area contributed by atoms with E-state index in [-0.39, 0.29) is 0 Å².